The van der Waals surface area contributed by atoms with E-state index in [1.54, 1.807) is 0 Å². The molecule has 12 rings (SSSR count). The number of rotatable bonds is 8. The number of anilines is 3. The lowest BCUT2D eigenvalue weighted by atomic mass is 9.93. The Morgan fingerprint density at radius 2 is 0.794 bits per heavy atom. The molecule has 2 heteroatoms. The average molecular weight is 803 g/mol. The van der Waals surface area contributed by atoms with Gasteiger partial charge in [-0.2, -0.15) is 0 Å². The van der Waals surface area contributed by atoms with E-state index in [0.717, 1.165) is 34.7 Å². The summed E-state index contributed by atoms with van der Waals surface area (Å²) in [5, 5.41) is 2.51. The lowest BCUT2D eigenvalue weighted by molar-refractivity contribution is 1.18. The lowest BCUT2D eigenvalue weighted by Crippen LogP contribution is -2.10. The summed E-state index contributed by atoms with van der Waals surface area (Å²) in [7, 11) is 0. The molecule has 0 saturated heterocycles. The van der Waals surface area contributed by atoms with Crippen LogP contribution in [0.3, 0.4) is 0 Å². The van der Waals surface area contributed by atoms with Crippen LogP contribution in [0.5, 0.6) is 0 Å². The van der Waals surface area contributed by atoms with Gasteiger partial charge in [0.25, 0.3) is 0 Å². The van der Waals surface area contributed by atoms with Crippen molar-refractivity contribution < 1.29 is 0 Å². The Balaban J connectivity index is 0.941. The fourth-order valence-electron chi connectivity index (χ4n) is 9.89. The van der Waals surface area contributed by atoms with Crippen molar-refractivity contribution in [2.45, 2.75) is 6.42 Å². The number of benzene rings is 10. The molecule has 0 fully saturated rings. The number of fused-ring (bicyclic) bond motifs is 6. The summed E-state index contributed by atoms with van der Waals surface area (Å²) in [5.41, 5.74) is 22.0. The van der Waals surface area contributed by atoms with Crippen LogP contribution in [0.1, 0.15) is 11.1 Å². The van der Waals surface area contributed by atoms with E-state index in [9.17, 15) is 0 Å². The van der Waals surface area contributed by atoms with Gasteiger partial charge in [0.2, 0.25) is 0 Å². The molecule has 1 aliphatic rings. The summed E-state index contributed by atoms with van der Waals surface area (Å²) in [6.07, 6.45) is 0.968. The Bertz CT molecular complexity index is 3410. The van der Waals surface area contributed by atoms with E-state index in [-0.39, 0.29) is 0 Å². The Labute approximate surface area is 368 Å². The summed E-state index contributed by atoms with van der Waals surface area (Å²) in [6, 6.07) is 88.5. The molecule has 0 spiro atoms. The van der Waals surface area contributed by atoms with Crippen LogP contribution in [0.25, 0.3) is 83.1 Å². The van der Waals surface area contributed by atoms with Gasteiger partial charge in [0, 0.05) is 33.4 Å². The molecule has 0 unspecified atom stereocenters. The first-order chi connectivity index (χ1) is 31.2. The largest absolute Gasteiger partial charge is 0.310 e. The number of aromatic nitrogens is 1. The third kappa shape index (κ3) is 6.43. The first-order valence-electron chi connectivity index (χ1n) is 21.8. The molecule has 0 bridgehead atoms. The maximum absolute atomic E-state index is 2.42. The zero-order valence-corrected chi connectivity index (χ0v) is 34.7. The average Bonchev–Trinajstić information content (AvgIpc) is 3.91. The minimum absolute atomic E-state index is 0.968. The van der Waals surface area contributed by atoms with Crippen molar-refractivity contribution in [3.8, 4) is 61.3 Å². The molecule has 1 aliphatic carbocycles. The van der Waals surface area contributed by atoms with Gasteiger partial charge in [-0.25, -0.2) is 0 Å². The molecule has 1 aromatic heterocycles. The molecule has 0 atom stereocenters. The van der Waals surface area contributed by atoms with E-state index in [1.807, 2.05) is 0 Å². The van der Waals surface area contributed by atoms with Crippen LogP contribution in [0.2, 0.25) is 0 Å². The van der Waals surface area contributed by atoms with Crippen molar-refractivity contribution in [1.29, 1.82) is 0 Å². The molecular weight excluding hydrogens is 761 g/mol. The van der Waals surface area contributed by atoms with Crippen molar-refractivity contribution >= 4 is 38.9 Å². The highest BCUT2D eigenvalue weighted by atomic mass is 15.1. The molecule has 0 N–H and O–H groups in total. The fraction of sp³-hybridized carbons (Fsp3) is 0.0164. The minimum Gasteiger partial charge on any atom is -0.310 e. The highest BCUT2D eigenvalue weighted by molar-refractivity contribution is 6.09. The standard InChI is InChI=1S/C61H42N2/c1-2-15-42(16-3-1)43-31-35-49(36-32-43)62(50-37-33-44(34-38-50)45-18-12-19-46(39-45)53-26-14-27-55-52-22-5-4-17-48(52)41-58(53)55)51-21-13-20-47(40-51)54-23-6-9-28-59(54)63-60-29-10-7-24-56(60)57-25-8-11-30-61(57)63/h1-40H,41H2. The van der Waals surface area contributed by atoms with Gasteiger partial charge in [0.1, 0.15) is 0 Å². The molecule has 0 aliphatic heterocycles. The van der Waals surface area contributed by atoms with E-state index in [0.29, 0.717) is 0 Å². The second-order valence-electron chi connectivity index (χ2n) is 16.5. The van der Waals surface area contributed by atoms with E-state index in [1.165, 1.54) is 83.0 Å². The van der Waals surface area contributed by atoms with Crippen LogP contribution in [-0.4, -0.2) is 4.57 Å². The number of hydrogen-bond donors (Lipinski definition) is 0. The predicted molar refractivity (Wildman–Crippen MR) is 265 cm³/mol. The first-order valence-corrected chi connectivity index (χ1v) is 21.8. The van der Waals surface area contributed by atoms with Gasteiger partial charge in [-0.05, 0) is 128 Å². The maximum atomic E-state index is 2.42. The summed E-state index contributed by atoms with van der Waals surface area (Å²) in [5.74, 6) is 0. The van der Waals surface area contributed by atoms with Crippen LogP contribution >= 0.6 is 0 Å². The lowest BCUT2D eigenvalue weighted by Gasteiger charge is -2.27. The van der Waals surface area contributed by atoms with Gasteiger partial charge in [-0.3, -0.25) is 0 Å². The zero-order chi connectivity index (χ0) is 41.7. The van der Waals surface area contributed by atoms with Crippen LogP contribution in [0.15, 0.2) is 243 Å². The van der Waals surface area contributed by atoms with Crippen LogP contribution in [-0.2, 0) is 6.42 Å². The van der Waals surface area contributed by atoms with Crippen LogP contribution in [0.4, 0.5) is 17.1 Å². The molecule has 10 aromatic carbocycles. The minimum atomic E-state index is 0.968. The van der Waals surface area contributed by atoms with Gasteiger partial charge < -0.3 is 9.47 Å². The third-order valence-electron chi connectivity index (χ3n) is 12.9. The molecule has 0 radical (unpaired) electrons. The smallest absolute Gasteiger partial charge is 0.0541 e. The van der Waals surface area contributed by atoms with Crippen molar-refractivity contribution in [1.82, 2.24) is 4.57 Å². The highest BCUT2D eigenvalue weighted by Gasteiger charge is 2.22. The number of nitrogens with zero attached hydrogens (tertiary/aromatic N) is 2. The van der Waals surface area contributed by atoms with E-state index in [4.69, 9.17) is 0 Å². The van der Waals surface area contributed by atoms with Gasteiger partial charge in [-0.15, -0.1) is 0 Å². The van der Waals surface area contributed by atoms with Gasteiger partial charge in [0.15, 0.2) is 0 Å². The van der Waals surface area contributed by atoms with Gasteiger partial charge in [0.05, 0.1) is 16.7 Å². The molecule has 296 valence electrons. The summed E-state index contributed by atoms with van der Waals surface area (Å²) in [4.78, 5) is 2.38. The Kier molecular flexibility index (Phi) is 8.93. The quantitative estimate of drug-likeness (QED) is 0.149. The number of para-hydroxylation sites is 3. The summed E-state index contributed by atoms with van der Waals surface area (Å²) >= 11 is 0. The SMILES string of the molecule is c1ccc(-c2ccc(N(c3ccc(-c4cccc(-c5cccc6c5Cc5ccccc5-6)c4)cc3)c3cccc(-c4ccccc4-n4c5ccccc5c5ccccc54)c3)cc2)cc1. The third-order valence-corrected chi connectivity index (χ3v) is 12.9. The number of hydrogen-bond acceptors (Lipinski definition) is 1. The van der Waals surface area contributed by atoms with Crippen molar-refractivity contribution in [2.24, 2.45) is 0 Å². The maximum Gasteiger partial charge on any atom is 0.0541 e. The summed E-state index contributed by atoms with van der Waals surface area (Å²) < 4.78 is 2.42. The monoisotopic (exact) mass is 802 g/mol. The zero-order valence-electron chi connectivity index (χ0n) is 34.7. The fourth-order valence-corrected chi connectivity index (χ4v) is 9.89. The van der Waals surface area contributed by atoms with E-state index in [2.05, 4.69) is 252 Å². The highest BCUT2D eigenvalue weighted by Crippen LogP contribution is 2.44. The first kappa shape index (κ1) is 36.6. The molecule has 2 nitrogen and oxygen atoms in total. The Morgan fingerprint density at radius 3 is 1.52 bits per heavy atom. The molecule has 11 aromatic rings. The topological polar surface area (TPSA) is 8.17 Å². The molecule has 0 saturated carbocycles. The Hall–Kier alpha value is -8.20. The van der Waals surface area contributed by atoms with Crippen molar-refractivity contribution in [3.63, 3.8) is 0 Å². The van der Waals surface area contributed by atoms with Gasteiger partial charge >= 0.3 is 0 Å². The molecule has 1 heterocycles. The van der Waals surface area contributed by atoms with E-state index < -0.39 is 0 Å². The Morgan fingerprint density at radius 1 is 0.302 bits per heavy atom. The second kappa shape index (κ2) is 15.4. The summed E-state index contributed by atoms with van der Waals surface area (Å²) in [6.45, 7) is 0. The molecular formula is C61H42N2. The second-order valence-corrected chi connectivity index (χ2v) is 16.5. The van der Waals surface area contributed by atoms with Crippen LogP contribution < -0.4 is 4.90 Å². The van der Waals surface area contributed by atoms with E-state index >= 15 is 0 Å². The predicted octanol–water partition coefficient (Wildman–Crippen LogP) is 16.5. The molecule has 0 amide bonds. The van der Waals surface area contributed by atoms with Crippen molar-refractivity contribution in [3.05, 3.63) is 254 Å². The van der Waals surface area contributed by atoms with Crippen LogP contribution in [0, 0.1) is 0 Å². The normalized spacial score (nSPS) is 11.7. The molecule has 63 heavy (non-hydrogen) atoms. The van der Waals surface area contributed by atoms with Crippen molar-refractivity contribution in [2.75, 3.05) is 4.90 Å². The van der Waals surface area contributed by atoms with Gasteiger partial charge in [-0.1, -0.05) is 182 Å².